The minimum Gasteiger partial charge on any atom is -0.356 e. The van der Waals surface area contributed by atoms with Crippen molar-refractivity contribution in [3.05, 3.63) is 0 Å². The van der Waals surface area contributed by atoms with Gasteiger partial charge in [-0.05, 0) is 31.6 Å². The largest absolute Gasteiger partial charge is 0.356 e. The van der Waals surface area contributed by atoms with Gasteiger partial charge >= 0.3 is 0 Å². The lowest BCUT2D eigenvalue weighted by molar-refractivity contribution is -0.125. The molecular weight excluding hydrogens is 234 g/mol. The number of rotatable bonds is 7. The maximum atomic E-state index is 12.0. The Bertz CT molecular complexity index is 226. The van der Waals surface area contributed by atoms with Crippen LogP contribution in [0.2, 0.25) is 0 Å². The second-order valence-electron chi connectivity index (χ2n) is 5.23. The van der Waals surface area contributed by atoms with Gasteiger partial charge in [0.25, 0.3) is 0 Å². The third kappa shape index (κ3) is 4.87. The highest BCUT2D eigenvalue weighted by atomic mass is 35.5. The Morgan fingerprint density at radius 2 is 1.94 bits per heavy atom. The van der Waals surface area contributed by atoms with Crippen LogP contribution in [0, 0.1) is 11.8 Å². The normalized spacial score (nSPS) is 24.2. The maximum Gasteiger partial charge on any atom is 0.223 e. The zero-order valence-electron chi connectivity index (χ0n) is 11.2. The summed E-state index contributed by atoms with van der Waals surface area (Å²) >= 11 is 6.21. The van der Waals surface area contributed by atoms with E-state index in [2.05, 4.69) is 19.2 Å². The average Bonchev–Trinajstić information content (AvgIpc) is 2.71. The van der Waals surface area contributed by atoms with Crippen molar-refractivity contribution in [1.82, 2.24) is 5.32 Å². The maximum absolute atomic E-state index is 12.0. The Kier molecular flexibility index (Phi) is 6.94. The molecule has 0 bridgehead atoms. The molecule has 1 N–H and O–H groups in total. The summed E-state index contributed by atoms with van der Waals surface area (Å²) in [4.78, 5) is 12.0. The van der Waals surface area contributed by atoms with Crippen molar-refractivity contribution in [2.75, 3.05) is 6.54 Å². The molecule has 0 radical (unpaired) electrons. The molecular formula is C14H26ClNO. The van der Waals surface area contributed by atoms with Gasteiger partial charge in [0.1, 0.15) is 0 Å². The van der Waals surface area contributed by atoms with Gasteiger partial charge < -0.3 is 5.32 Å². The van der Waals surface area contributed by atoms with E-state index in [1.54, 1.807) is 0 Å². The van der Waals surface area contributed by atoms with Crippen molar-refractivity contribution < 1.29 is 4.79 Å². The monoisotopic (exact) mass is 259 g/mol. The van der Waals surface area contributed by atoms with Gasteiger partial charge in [0.05, 0.1) is 0 Å². The highest BCUT2D eigenvalue weighted by molar-refractivity contribution is 6.20. The lowest BCUT2D eigenvalue weighted by atomic mass is 9.97. The molecule has 0 heterocycles. The number of halogens is 1. The molecule has 1 amide bonds. The Hall–Kier alpha value is -0.240. The number of alkyl halides is 1. The third-order valence-corrected chi connectivity index (χ3v) is 4.32. The lowest BCUT2D eigenvalue weighted by Crippen LogP contribution is -2.35. The van der Waals surface area contributed by atoms with Crippen molar-refractivity contribution in [3.8, 4) is 0 Å². The predicted molar refractivity (Wildman–Crippen MR) is 73.3 cm³/mol. The van der Waals surface area contributed by atoms with Crippen LogP contribution in [0.1, 0.15) is 58.8 Å². The zero-order chi connectivity index (χ0) is 12.7. The molecule has 0 spiro atoms. The molecule has 0 aromatic carbocycles. The number of nitrogens with one attached hydrogen (secondary N) is 1. The smallest absolute Gasteiger partial charge is 0.223 e. The summed E-state index contributed by atoms with van der Waals surface area (Å²) in [7, 11) is 0. The molecule has 3 heteroatoms. The molecule has 2 atom stereocenters. The van der Waals surface area contributed by atoms with Crippen LogP contribution in [0.4, 0.5) is 0 Å². The molecule has 1 saturated carbocycles. The van der Waals surface area contributed by atoms with Crippen molar-refractivity contribution in [2.45, 2.75) is 64.2 Å². The van der Waals surface area contributed by atoms with E-state index in [0.717, 1.165) is 38.6 Å². The van der Waals surface area contributed by atoms with Crippen molar-refractivity contribution in [1.29, 1.82) is 0 Å². The number of hydrogen-bond donors (Lipinski definition) is 1. The van der Waals surface area contributed by atoms with Gasteiger partial charge in [-0.25, -0.2) is 0 Å². The van der Waals surface area contributed by atoms with Crippen LogP contribution in [0.15, 0.2) is 0 Å². The van der Waals surface area contributed by atoms with E-state index < -0.39 is 0 Å². The van der Waals surface area contributed by atoms with Crippen LogP contribution in [0.25, 0.3) is 0 Å². The first-order valence-electron chi connectivity index (χ1n) is 7.10. The van der Waals surface area contributed by atoms with Gasteiger partial charge in [-0.1, -0.05) is 33.1 Å². The molecule has 0 aromatic rings. The SMILES string of the molecule is CCCC(CCC)C(=O)NCC1CCCC1Cl. The highest BCUT2D eigenvalue weighted by Gasteiger charge is 2.26. The molecule has 100 valence electrons. The number of hydrogen-bond acceptors (Lipinski definition) is 1. The molecule has 0 aliphatic heterocycles. The van der Waals surface area contributed by atoms with Gasteiger partial charge in [0, 0.05) is 17.8 Å². The summed E-state index contributed by atoms with van der Waals surface area (Å²) in [6.45, 7) is 5.06. The topological polar surface area (TPSA) is 29.1 Å². The first-order chi connectivity index (χ1) is 8.19. The minimum absolute atomic E-state index is 0.208. The molecule has 0 aromatic heterocycles. The summed E-state index contributed by atoms with van der Waals surface area (Å²) in [6, 6.07) is 0. The fraction of sp³-hybridized carbons (Fsp3) is 0.929. The van der Waals surface area contributed by atoms with Gasteiger partial charge in [0.2, 0.25) is 5.91 Å². The quantitative estimate of drug-likeness (QED) is 0.694. The predicted octanol–water partition coefficient (Wildman–Crippen LogP) is 3.73. The van der Waals surface area contributed by atoms with Gasteiger partial charge in [0.15, 0.2) is 0 Å². The zero-order valence-corrected chi connectivity index (χ0v) is 11.9. The average molecular weight is 260 g/mol. The number of carbonyl (C=O) groups excluding carboxylic acids is 1. The highest BCUT2D eigenvalue weighted by Crippen LogP contribution is 2.29. The second-order valence-corrected chi connectivity index (χ2v) is 5.79. The summed E-state index contributed by atoms with van der Waals surface area (Å²) in [5.74, 6) is 0.939. The molecule has 1 fully saturated rings. The summed E-state index contributed by atoms with van der Waals surface area (Å²) in [6.07, 6.45) is 7.67. The van der Waals surface area contributed by atoms with E-state index >= 15 is 0 Å². The fourth-order valence-electron chi connectivity index (χ4n) is 2.70. The Labute approximate surface area is 110 Å². The van der Waals surface area contributed by atoms with Gasteiger partial charge in [-0.3, -0.25) is 4.79 Å². The molecule has 1 aliphatic carbocycles. The van der Waals surface area contributed by atoms with E-state index in [1.165, 1.54) is 12.8 Å². The lowest BCUT2D eigenvalue weighted by Gasteiger charge is -2.19. The Morgan fingerprint density at radius 3 is 2.41 bits per heavy atom. The van der Waals surface area contributed by atoms with Crippen LogP contribution >= 0.6 is 11.6 Å². The van der Waals surface area contributed by atoms with E-state index in [0.29, 0.717) is 5.92 Å². The van der Waals surface area contributed by atoms with E-state index in [1.807, 2.05) is 0 Å². The Balaban J connectivity index is 2.30. The first-order valence-corrected chi connectivity index (χ1v) is 7.54. The van der Waals surface area contributed by atoms with E-state index in [9.17, 15) is 4.79 Å². The standard InChI is InChI=1S/C14H26ClNO/c1-3-6-11(7-4-2)14(17)16-10-12-8-5-9-13(12)15/h11-13H,3-10H2,1-2H3,(H,16,17). The summed E-state index contributed by atoms with van der Waals surface area (Å²) < 4.78 is 0. The van der Waals surface area contributed by atoms with Crippen LogP contribution in [0.3, 0.4) is 0 Å². The molecule has 17 heavy (non-hydrogen) atoms. The van der Waals surface area contributed by atoms with Gasteiger partial charge in [-0.15, -0.1) is 11.6 Å². The van der Waals surface area contributed by atoms with Gasteiger partial charge in [-0.2, -0.15) is 0 Å². The third-order valence-electron chi connectivity index (χ3n) is 3.75. The first kappa shape index (κ1) is 14.8. The Morgan fingerprint density at radius 1 is 1.29 bits per heavy atom. The number of amides is 1. The summed E-state index contributed by atoms with van der Waals surface area (Å²) in [5, 5.41) is 3.37. The number of carbonyl (C=O) groups is 1. The van der Waals surface area contributed by atoms with Crippen LogP contribution in [-0.2, 0) is 4.79 Å². The molecule has 2 unspecified atom stereocenters. The van der Waals surface area contributed by atoms with E-state index in [4.69, 9.17) is 11.6 Å². The van der Waals surface area contributed by atoms with E-state index in [-0.39, 0.29) is 17.2 Å². The van der Waals surface area contributed by atoms with Crippen molar-refractivity contribution in [3.63, 3.8) is 0 Å². The van der Waals surface area contributed by atoms with Crippen molar-refractivity contribution in [2.24, 2.45) is 11.8 Å². The van der Waals surface area contributed by atoms with Crippen LogP contribution in [0.5, 0.6) is 0 Å². The minimum atomic E-state index is 0.208. The molecule has 2 nitrogen and oxygen atoms in total. The fourth-order valence-corrected chi connectivity index (χ4v) is 3.07. The molecule has 1 aliphatic rings. The van der Waals surface area contributed by atoms with Crippen molar-refractivity contribution >= 4 is 17.5 Å². The van der Waals surface area contributed by atoms with Crippen LogP contribution in [-0.4, -0.2) is 17.8 Å². The molecule has 1 rings (SSSR count). The second kappa shape index (κ2) is 7.97. The van der Waals surface area contributed by atoms with Crippen LogP contribution < -0.4 is 5.32 Å². The molecule has 0 saturated heterocycles. The summed E-state index contributed by atoms with van der Waals surface area (Å²) in [5.41, 5.74) is 0.